The van der Waals surface area contributed by atoms with Crippen LogP contribution in [-0.4, -0.2) is 19.2 Å². The van der Waals surface area contributed by atoms with Gasteiger partial charge in [-0.15, -0.1) is 0 Å². The van der Waals surface area contributed by atoms with E-state index in [9.17, 15) is 9.59 Å². The number of rotatable bonds is 3. The quantitative estimate of drug-likeness (QED) is 0.522. The van der Waals surface area contributed by atoms with Gasteiger partial charge in [0.05, 0.1) is 7.11 Å². The number of ether oxygens (including phenoxy) is 1. The first kappa shape index (κ1) is 9.45. The monoisotopic (exact) mass is 178 g/mol. The number of Topliss-reactive ketones (excluding diaryl/α,β-unsaturated/α-hetero) is 1. The molecule has 0 aliphatic rings. The Morgan fingerprint density at radius 2 is 2.08 bits per heavy atom. The molecule has 1 aromatic rings. The molecule has 0 aromatic heterocycles. The van der Waals surface area contributed by atoms with Crippen LogP contribution in [0.1, 0.15) is 27.6 Å². The van der Waals surface area contributed by atoms with Crippen LogP contribution in [0.4, 0.5) is 0 Å². The first-order chi connectivity index (χ1) is 6.17. The second kappa shape index (κ2) is 3.85. The molecule has 3 heteroatoms. The standard InChI is InChI=1S/C10H10O3/c1-7(12)9-3-8(6-11)4-10(5-9)13-2/h3-6H,1-2H3. The predicted molar refractivity (Wildman–Crippen MR) is 48.4 cm³/mol. The lowest BCUT2D eigenvalue weighted by atomic mass is 10.1. The van der Waals surface area contributed by atoms with Crippen molar-refractivity contribution in [2.45, 2.75) is 6.92 Å². The third-order valence-electron chi connectivity index (χ3n) is 1.71. The highest BCUT2D eigenvalue weighted by Crippen LogP contribution is 2.16. The van der Waals surface area contributed by atoms with E-state index in [-0.39, 0.29) is 5.78 Å². The fraction of sp³-hybridized carbons (Fsp3) is 0.200. The van der Waals surface area contributed by atoms with E-state index in [0.717, 1.165) is 0 Å². The molecule has 68 valence electrons. The zero-order chi connectivity index (χ0) is 9.84. The predicted octanol–water partition coefficient (Wildman–Crippen LogP) is 1.71. The molecule has 0 amide bonds. The van der Waals surface area contributed by atoms with E-state index in [4.69, 9.17) is 4.74 Å². The van der Waals surface area contributed by atoms with Crippen LogP contribution in [0.2, 0.25) is 0 Å². The van der Waals surface area contributed by atoms with Crippen molar-refractivity contribution < 1.29 is 14.3 Å². The summed E-state index contributed by atoms with van der Waals surface area (Å²) >= 11 is 0. The molecule has 0 bridgehead atoms. The Morgan fingerprint density at radius 3 is 2.54 bits per heavy atom. The van der Waals surface area contributed by atoms with Crippen molar-refractivity contribution in [3.05, 3.63) is 29.3 Å². The second-order valence-corrected chi connectivity index (χ2v) is 2.67. The molecule has 0 N–H and O–H groups in total. The van der Waals surface area contributed by atoms with Crippen LogP contribution in [0.25, 0.3) is 0 Å². The van der Waals surface area contributed by atoms with E-state index in [2.05, 4.69) is 0 Å². The van der Waals surface area contributed by atoms with Crippen LogP contribution in [0.15, 0.2) is 18.2 Å². The molecule has 0 fully saturated rings. The van der Waals surface area contributed by atoms with E-state index in [1.165, 1.54) is 20.1 Å². The Kier molecular flexibility index (Phi) is 2.80. The highest BCUT2D eigenvalue weighted by molar-refractivity contribution is 5.96. The third kappa shape index (κ3) is 2.15. The average molecular weight is 178 g/mol. The highest BCUT2D eigenvalue weighted by atomic mass is 16.5. The lowest BCUT2D eigenvalue weighted by Crippen LogP contribution is -1.95. The number of benzene rings is 1. The summed E-state index contributed by atoms with van der Waals surface area (Å²) in [4.78, 5) is 21.5. The Morgan fingerprint density at radius 1 is 1.38 bits per heavy atom. The largest absolute Gasteiger partial charge is 0.497 e. The molecular weight excluding hydrogens is 168 g/mol. The van der Waals surface area contributed by atoms with Gasteiger partial charge in [0.2, 0.25) is 0 Å². The molecule has 0 heterocycles. The smallest absolute Gasteiger partial charge is 0.159 e. The summed E-state index contributed by atoms with van der Waals surface area (Å²) in [7, 11) is 1.49. The Bertz CT molecular complexity index is 342. The number of carbonyl (C=O) groups is 2. The Labute approximate surface area is 76.3 Å². The summed E-state index contributed by atoms with van der Waals surface area (Å²) in [5, 5.41) is 0. The molecule has 1 aromatic carbocycles. The molecule has 0 aliphatic carbocycles. The molecule has 0 aliphatic heterocycles. The number of hydrogen-bond donors (Lipinski definition) is 0. The van der Waals surface area contributed by atoms with Gasteiger partial charge in [-0.1, -0.05) is 0 Å². The number of methoxy groups -OCH3 is 1. The minimum atomic E-state index is -0.0815. The SMILES string of the molecule is COc1cc(C=O)cc(C(C)=O)c1. The van der Waals surface area contributed by atoms with Crippen LogP contribution in [0.5, 0.6) is 5.75 Å². The molecule has 0 saturated heterocycles. The molecule has 0 saturated carbocycles. The summed E-state index contributed by atoms with van der Waals surface area (Å²) in [5.41, 5.74) is 0.936. The van der Waals surface area contributed by atoms with Crippen LogP contribution >= 0.6 is 0 Å². The van der Waals surface area contributed by atoms with Gasteiger partial charge in [-0.05, 0) is 25.1 Å². The van der Waals surface area contributed by atoms with Gasteiger partial charge in [-0.3, -0.25) is 9.59 Å². The van der Waals surface area contributed by atoms with E-state index < -0.39 is 0 Å². The van der Waals surface area contributed by atoms with Gasteiger partial charge in [-0.25, -0.2) is 0 Å². The lowest BCUT2D eigenvalue weighted by Gasteiger charge is -2.02. The fourth-order valence-electron chi connectivity index (χ4n) is 1.01. The fourth-order valence-corrected chi connectivity index (χ4v) is 1.01. The van der Waals surface area contributed by atoms with E-state index in [1.54, 1.807) is 12.1 Å². The third-order valence-corrected chi connectivity index (χ3v) is 1.71. The summed E-state index contributed by atoms with van der Waals surface area (Å²) < 4.78 is 4.94. The van der Waals surface area contributed by atoms with Crippen molar-refractivity contribution in [3.8, 4) is 5.75 Å². The van der Waals surface area contributed by atoms with Crippen molar-refractivity contribution in [1.29, 1.82) is 0 Å². The maximum atomic E-state index is 11.0. The van der Waals surface area contributed by atoms with Crippen LogP contribution in [-0.2, 0) is 0 Å². The van der Waals surface area contributed by atoms with Crippen molar-refractivity contribution in [2.75, 3.05) is 7.11 Å². The van der Waals surface area contributed by atoms with Gasteiger partial charge in [0.15, 0.2) is 5.78 Å². The van der Waals surface area contributed by atoms with Crippen LogP contribution in [0.3, 0.4) is 0 Å². The van der Waals surface area contributed by atoms with Crippen molar-refractivity contribution in [3.63, 3.8) is 0 Å². The summed E-state index contributed by atoms with van der Waals surface area (Å²) in [6.45, 7) is 1.45. The second-order valence-electron chi connectivity index (χ2n) is 2.67. The van der Waals surface area contributed by atoms with Gasteiger partial charge < -0.3 is 4.74 Å². The maximum absolute atomic E-state index is 11.0. The normalized spacial score (nSPS) is 9.38. The van der Waals surface area contributed by atoms with Gasteiger partial charge in [0.25, 0.3) is 0 Å². The first-order valence-corrected chi connectivity index (χ1v) is 3.82. The minimum absolute atomic E-state index is 0.0815. The maximum Gasteiger partial charge on any atom is 0.159 e. The van der Waals surface area contributed by atoms with E-state index in [1.807, 2.05) is 0 Å². The minimum Gasteiger partial charge on any atom is -0.497 e. The van der Waals surface area contributed by atoms with Gasteiger partial charge in [-0.2, -0.15) is 0 Å². The number of hydrogen-bond acceptors (Lipinski definition) is 3. The molecule has 3 nitrogen and oxygen atoms in total. The Balaban J connectivity index is 3.22. The molecule has 0 atom stereocenters. The van der Waals surface area contributed by atoms with E-state index >= 15 is 0 Å². The zero-order valence-corrected chi connectivity index (χ0v) is 7.53. The molecule has 13 heavy (non-hydrogen) atoms. The molecule has 1 rings (SSSR count). The Hall–Kier alpha value is -1.64. The zero-order valence-electron chi connectivity index (χ0n) is 7.53. The summed E-state index contributed by atoms with van der Waals surface area (Å²) in [5.74, 6) is 0.441. The first-order valence-electron chi connectivity index (χ1n) is 3.82. The van der Waals surface area contributed by atoms with Crippen LogP contribution < -0.4 is 4.74 Å². The molecular formula is C10H10O3. The molecule has 0 unspecified atom stereocenters. The van der Waals surface area contributed by atoms with Crippen molar-refractivity contribution in [1.82, 2.24) is 0 Å². The highest BCUT2D eigenvalue weighted by Gasteiger charge is 2.03. The van der Waals surface area contributed by atoms with Crippen LogP contribution in [0, 0.1) is 0 Å². The number of carbonyl (C=O) groups excluding carboxylic acids is 2. The molecule has 0 spiro atoms. The molecule has 0 radical (unpaired) electrons. The van der Waals surface area contributed by atoms with Crippen molar-refractivity contribution in [2.24, 2.45) is 0 Å². The lowest BCUT2D eigenvalue weighted by molar-refractivity contribution is 0.101. The van der Waals surface area contributed by atoms with Crippen molar-refractivity contribution >= 4 is 12.1 Å². The number of ketones is 1. The number of aldehydes is 1. The van der Waals surface area contributed by atoms with Gasteiger partial charge in [0, 0.05) is 11.1 Å². The summed E-state index contributed by atoms with van der Waals surface area (Å²) in [6, 6.07) is 4.73. The van der Waals surface area contributed by atoms with E-state index in [0.29, 0.717) is 23.2 Å². The summed E-state index contributed by atoms with van der Waals surface area (Å²) in [6.07, 6.45) is 0.689. The van der Waals surface area contributed by atoms with Gasteiger partial charge in [0.1, 0.15) is 12.0 Å². The topological polar surface area (TPSA) is 43.4 Å². The van der Waals surface area contributed by atoms with Gasteiger partial charge >= 0.3 is 0 Å². The average Bonchev–Trinajstić information content (AvgIpc) is 2.16.